The zero-order chi connectivity index (χ0) is 20.1. The summed E-state index contributed by atoms with van der Waals surface area (Å²) >= 11 is 0. The lowest BCUT2D eigenvalue weighted by Crippen LogP contribution is -2.61. The number of unbranched alkanes of at least 4 members (excludes halogenated alkanes) is 1. The van der Waals surface area contributed by atoms with Crippen LogP contribution < -0.4 is 11.1 Å². The van der Waals surface area contributed by atoms with Crippen LogP contribution in [-0.4, -0.2) is 44.8 Å². The second-order valence-corrected chi connectivity index (χ2v) is 7.81. The van der Waals surface area contributed by atoms with E-state index in [1.165, 1.54) is 0 Å². The third-order valence-corrected chi connectivity index (χ3v) is 5.86. The molecule has 6 N–H and O–H groups in total. The predicted molar refractivity (Wildman–Crippen MR) is 108 cm³/mol. The quantitative estimate of drug-likeness (QED) is 0.310. The first-order valence-electron chi connectivity index (χ1n) is 9.84. The number of hydrogen-bond donors (Lipinski definition) is 5. The fourth-order valence-electron chi connectivity index (χ4n) is 4.00. The number of carbonyl (C=O) groups is 1. The van der Waals surface area contributed by atoms with E-state index in [-0.39, 0.29) is 18.3 Å². The van der Waals surface area contributed by atoms with E-state index < -0.39 is 18.6 Å². The summed E-state index contributed by atoms with van der Waals surface area (Å²) in [5.74, 6) is -1.05. The number of nitrogens with zero attached hydrogens (tertiary/aromatic N) is 1. The monoisotopic (exact) mass is 385 g/mol. The van der Waals surface area contributed by atoms with Gasteiger partial charge in [0.15, 0.2) is 0 Å². The lowest BCUT2D eigenvalue weighted by Gasteiger charge is -2.45. The normalized spacial score (nSPS) is 21.1. The van der Waals surface area contributed by atoms with Crippen LogP contribution >= 0.6 is 0 Å². The van der Waals surface area contributed by atoms with E-state index in [4.69, 9.17) is 15.8 Å². The molecule has 1 fully saturated rings. The molecule has 2 aromatic rings. The number of nitrogens with two attached hydrogens (primary N) is 1. The molecule has 1 saturated carbocycles. The number of carboxylic acids is 1. The molecule has 7 nitrogen and oxygen atoms in total. The van der Waals surface area contributed by atoms with Crippen molar-refractivity contribution in [1.82, 2.24) is 10.3 Å². The molecule has 1 unspecified atom stereocenters. The molecule has 1 aliphatic rings. The molecule has 1 atom stereocenters. The maximum Gasteiger partial charge on any atom is 0.451 e. The number of aliphatic carboxylic acids is 1. The third kappa shape index (κ3) is 4.70. The van der Waals surface area contributed by atoms with Crippen molar-refractivity contribution in [3.63, 3.8) is 0 Å². The fourth-order valence-corrected chi connectivity index (χ4v) is 4.00. The predicted octanol–water partition coefficient (Wildman–Crippen LogP) is 1.53. The van der Waals surface area contributed by atoms with Crippen LogP contribution in [0.4, 0.5) is 0 Å². The van der Waals surface area contributed by atoms with Crippen LogP contribution in [0, 0.1) is 5.92 Å². The number of aromatic nitrogens is 1. The Morgan fingerprint density at radius 3 is 2.71 bits per heavy atom. The number of benzene rings is 1. The number of pyridine rings is 1. The highest BCUT2D eigenvalue weighted by atomic mass is 16.4. The van der Waals surface area contributed by atoms with Gasteiger partial charge in [-0.2, -0.15) is 0 Å². The van der Waals surface area contributed by atoms with Gasteiger partial charge in [-0.25, -0.2) is 0 Å². The molecule has 1 aromatic heterocycles. The van der Waals surface area contributed by atoms with Gasteiger partial charge in [0.1, 0.15) is 5.54 Å². The van der Waals surface area contributed by atoms with Crippen LogP contribution in [-0.2, 0) is 11.3 Å². The largest absolute Gasteiger partial charge is 0.480 e. The topological polar surface area (TPSA) is 129 Å². The minimum atomic E-state index is -1.35. The lowest BCUT2D eigenvalue weighted by molar-refractivity contribution is -0.148. The van der Waals surface area contributed by atoms with Crippen molar-refractivity contribution in [2.75, 3.05) is 0 Å². The first-order valence-corrected chi connectivity index (χ1v) is 9.84. The molecule has 0 radical (unpaired) electrons. The van der Waals surface area contributed by atoms with Crippen molar-refractivity contribution < 1.29 is 19.9 Å². The summed E-state index contributed by atoms with van der Waals surface area (Å²) in [6, 6.07) is 10.3. The fraction of sp³-hybridized carbons (Fsp3) is 0.500. The second kappa shape index (κ2) is 9.00. The van der Waals surface area contributed by atoms with Crippen LogP contribution in [0.25, 0.3) is 10.9 Å². The molecule has 0 aliphatic heterocycles. The summed E-state index contributed by atoms with van der Waals surface area (Å²) < 4.78 is 0. The van der Waals surface area contributed by atoms with E-state index in [0.29, 0.717) is 25.8 Å². The van der Waals surface area contributed by atoms with Crippen molar-refractivity contribution in [3.05, 3.63) is 42.1 Å². The minimum Gasteiger partial charge on any atom is -0.480 e. The molecule has 1 aromatic carbocycles. The lowest BCUT2D eigenvalue weighted by atomic mass is 9.66. The van der Waals surface area contributed by atoms with E-state index >= 15 is 0 Å². The molecule has 28 heavy (non-hydrogen) atoms. The Morgan fingerprint density at radius 1 is 1.25 bits per heavy atom. The van der Waals surface area contributed by atoms with Crippen LogP contribution in [0.2, 0.25) is 6.32 Å². The molecular weight excluding hydrogens is 357 g/mol. The van der Waals surface area contributed by atoms with Gasteiger partial charge < -0.3 is 26.2 Å². The first kappa shape index (κ1) is 20.7. The smallest absolute Gasteiger partial charge is 0.451 e. The van der Waals surface area contributed by atoms with E-state index in [1.807, 2.05) is 24.3 Å². The third-order valence-electron chi connectivity index (χ3n) is 5.86. The molecule has 0 amide bonds. The van der Waals surface area contributed by atoms with Gasteiger partial charge in [0.05, 0.1) is 5.52 Å². The highest BCUT2D eigenvalue weighted by molar-refractivity contribution is 6.40. The molecule has 0 saturated heterocycles. The molecule has 1 heterocycles. The Kier molecular flexibility index (Phi) is 6.67. The Balaban J connectivity index is 1.51. The van der Waals surface area contributed by atoms with E-state index in [9.17, 15) is 9.90 Å². The Hall–Kier alpha value is -2.00. The van der Waals surface area contributed by atoms with Gasteiger partial charge in [-0.3, -0.25) is 9.78 Å². The summed E-state index contributed by atoms with van der Waals surface area (Å²) in [4.78, 5) is 16.2. The van der Waals surface area contributed by atoms with Crippen molar-refractivity contribution in [1.29, 1.82) is 0 Å². The summed E-state index contributed by atoms with van der Waals surface area (Å²) in [7, 11) is -1.35. The van der Waals surface area contributed by atoms with Crippen molar-refractivity contribution >= 4 is 24.0 Å². The highest BCUT2D eigenvalue weighted by Gasteiger charge is 2.48. The number of rotatable bonds is 10. The van der Waals surface area contributed by atoms with Crippen molar-refractivity contribution in [2.45, 2.75) is 56.5 Å². The maximum absolute atomic E-state index is 11.8. The van der Waals surface area contributed by atoms with Gasteiger partial charge in [0.25, 0.3) is 0 Å². The van der Waals surface area contributed by atoms with Crippen LogP contribution in [0.3, 0.4) is 0 Å². The molecule has 150 valence electrons. The number of fused-ring (bicyclic) bond motifs is 1. The summed E-state index contributed by atoms with van der Waals surface area (Å²) in [6.07, 6.45) is 4.94. The average Bonchev–Trinajstić information content (AvgIpc) is 2.63. The number of para-hydroxylation sites is 1. The molecule has 0 spiro atoms. The maximum atomic E-state index is 11.8. The molecular formula is C20H28BN3O4. The van der Waals surface area contributed by atoms with E-state index in [1.54, 1.807) is 6.20 Å². The zero-order valence-electron chi connectivity index (χ0n) is 15.9. The minimum absolute atomic E-state index is 0.0767. The number of carboxylic acid groups (broad SMARTS) is 1. The molecule has 1 aliphatic carbocycles. The highest BCUT2D eigenvalue weighted by Crippen LogP contribution is 2.38. The zero-order valence-corrected chi connectivity index (χ0v) is 15.9. The summed E-state index contributed by atoms with van der Waals surface area (Å²) in [6.45, 7) is 0.685. The van der Waals surface area contributed by atoms with Gasteiger partial charge in [0, 0.05) is 24.2 Å². The van der Waals surface area contributed by atoms with Gasteiger partial charge in [-0.15, -0.1) is 0 Å². The summed E-state index contributed by atoms with van der Waals surface area (Å²) in [5.41, 5.74) is 7.10. The van der Waals surface area contributed by atoms with Gasteiger partial charge in [0.2, 0.25) is 0 Å². The van der Waals surface area contributed by atoms with E-state index in [0.717, 1.165) is 29.3 Å². The summed E-state index contributed by atoms with van der Waals surface area (Å²) in [5, 5.41) is 32.1. The van der Waals surface area contributed by atoms with Gasteiger partial charge in [-0.05, 0) is 43.1 Å². The SMILES string of the molecule is NC(CCCCB(O)O)(C(=O)O)C1CC(NCc2cccc3cccnc23)C1. The molecule has 0 bridgehead atoms. The molecule has 3 rings (SSSR count). The average molecular weight is 385 g/mol. The van der Waals surface area contributed by atoms with Gasteiger partial charge >= 0.3 is 13.1 Å². The van der Waals surface area contributed by atoms with Crippen LogP contribution in [0.5, 0.6) is 0 Å². The van der Waals surface area contributed by atoms with Crippen molar-refractivity contribution in [2.24, 2.45) is 11.7 Å². The first-order chi connectivity index (χ1) is 13.4. The Labute approximate surface area is 165 Å². The second-order valence-electron chi connectivity index (χ2n) is 7.81. The van der Waals surface area contributed by atoms with Crippen molar-refractivity contribution in [3.8, 4) is 0 Å². The van der Waals surface area contributed by atoms with Crippen LogP contribution in [0.1, 0.15) is 37.7 Å². The standard InChI is InChI=1S/C20H28BN3O4/c22-20(19(25)26,8-1-2-9-21(27)28)16-11-17(12-16)24-13-15-6-3-5-14-7-4-10-23-18(14)15/h3-7,10,16-17,24,27-28H,1-2,8-9,11-13,22H2,(H,25,26). The Morgan fingerprint density at radius 2 is 2.00 bits per heavy atom. The molecule has 8 heteroatoms. The van der Waals surface area contributed by atoms with Crippen LogP contribution in [0.15, 0.2) is 36.5 Å². The van der Waals surface area contributed by atoms with Gasteiger partial charge in [-0.1, -0.05) is 37.1 Å². The number of nitrogens with one attached hydrogen (secondary N) is 1. The van der Waals surface area contributed by atoms with E-state index in [2.05, 4.69) is 16.4 Å². The Bertz CT molecular complexity index is 808. The number of hydrogen-bond acceptors (Lipinski definition) is 6.